The number of carbonyl (C=O) groups is 1. The van der Waals surface area contributed by atoms with Crippen molar-refractivity contribution in [3.05, 3.63) is 35.4 Å². The van der Waals surface area contributed by atoms with Crippen LogP contribution in [0.4, 0.5) is 8.78 Å². The van der Waals surface area contributed by atoms with Gasteiger partial charge in [0.05, 0.1) is 5.56 Å². The van der Waals surface area contributed by atoms with Crippen molar-refractivity contribution in [3.8, 4) is 12.8 Å². The van der Waals surface area contributed by atoms with Gasteiger partial charge in [-0.25, -0.2) is 8.78 Å². The van der Waals surface area contributed by atoms with Crippen LogP contribution in [0.1, 0.15) is 30.1 Å². The van der Waals surface area contributed by atoms with Gasteiger partial charge in [0.25, 0.3) is 5.91 Å². The minimum atomic E-state index is -1.10. The van der Waals surface area contributed by atoms with Gasteiger partial charge >= 0.3 is 0 Å². The topological polar surface area (TPSA) is 20.3 Å². The standard InChI is InChI=1S/C9H9F2NO.C4H8.C2H2/c1-12(2)9(13)6-4-3-5-7(10)8(6)11;1-4-2-3-4;1-2/h3-5H,1-2H3;4H,2-3H2,1H3;1-2H. The highest BCUT2D eigenvalue weighted by Gasteiger charge is 2.15. The lowest BCUT2D eigenvalue weighted by atomic mass is 10.2. The van der Waals surface area contributed by atoms with Gasteiger partial charge in [-0.3, -0.25) is 4.79 Å². The van der Waals surface area contributed by atoms with E-state index in [1.165, 1.54) is 44.0 Å². The fourth-order valence-corrected chi connectivity index (χ4v) is 1.08. The molecule has 2 rings (SSSR count). The smallest absolute Gasteiger partial charge is 0.256 e. The van der Waals surface area contributed by atoms with Crippen LogP contribution < -0.4 is 0 Å². The molecule has 1 amide bonds. The van der Waals surface area contributed by atoms with E-state index in [4.69, 9.17) is 0 Å². The molecule has 1 aromatic carbocycles. The molecule has 0 saturated heterocycles. The van der Waals surface area contributed by atoms with Crippen molar-refractivity contribution < 1.29 is 13.6 Å². The zero-order valence-electron chi connectivity index (χ0n) is 11.5. The first kappa shape index (κ1) is 17.1. The molecule has 19 heavy (non-hydrogen) atoms. The summed E-state index contributed by atoms with van der Waals surface area (Å²) in [7, 11) is 2.96. The van der Waals surface area contributed by atoms with Crippen molar-refractivity contribution >= 4 is 5.91 Å². The number of amides is 1. The molecule has 1 fully saturated rings. The zero-order valence-corrected chi connectivity index (χ0v) is 11.5. The fourth-order valence-electron chi connectivity index (χ4n) is 1.08. The molecule has 104 valence electrons. The second-order valence-corrected chi connectivity index (χ2v) is 4.48. The molecule has 1 aliphatic carbocycles. The summed E-state index contributed by atoms with van der Waals surface area (Å²) in [4.78, 5) is 12.4. The largest absolute Gasteiger partial charge is 0.345 e. The molecule has 1 aliphatic rings. The molecule has 0 heterocycles. The first-order valence-electron chi connectivity index (χ1n) is 5.92. The average molecular weight is 267 g/mol. The molecule has 1 saturated carbocycles. The number of hydrogen-bond acceptors (Lipinski definition) is 1. The zero-order chi connectivity index (χ0) is 15.0. The van der Waals surface area contributed by atoms with E-state index in [1.807, 2.05) is 0 Å². The van der Waals surface area contributed by atoms with E-state index >= 15 is 0 Å². The molecule has 4 heteroatoms. The number of hydrogen-bond donors (Lipinski definition) is 0. The molecule has 0 bridgehead atoms. The van der Waals surface area contributed by atoms with E-state index < -0.39 is 17.5 Å². The summed E-state index contributed by atoms with van der Waals surface area (Å²) < 4.78 is 25.6. The molecular formula is C15H19F2NO. The van der Waals surface area contributed by atoms with Gasteiger partial charge in [-0.15, -0.1) is 12.8 Å². The van der Waals surface area contributed by atoms with Gasteiger partial charge in [0.15, 0.2) is 11.6 Å². The Morgan fingerprint density at radius 2 is 1.74 bits per heavy atom. The van der Waals surface area contributed by atoms with E-state index in [2.05, 4.69) is 19.8 Å². The van der Waals surface area contributed by atoms with Crippen molar-refractivity contribution in [2.45, 2.75) is 19.8 Å². The Kier molecular flexibility index (Phi) is 7.43. The van der Waals surface area contributed by atoms with Crippen LogP contribution >= 0.6 is 0 Å². The second kappa shape index (κ2) is 8.25. The van der Waals surface area contributed by atoms with E-state index in [0.29, 0.717) is 0 Å². The maximum absolute atomic E-state index is 13.0. The van der Waals surface area contributed by atoms with Gasteiger partial charge in [-0.2, -0.15) is 0 Å². The maximum Gasteiger partial charge on any atom is 0.256 e. The quantitative estimate of drug-likeness (QED) is 0.715. The Morgan fingerprint density at radius 1 is 1.26 bits per heavy atom. The molecule has 0 aliphatic heterocycles. The van der Waals surface area contributed by atoms with E-state index in [0.717, 1.165) is 12.0 Å². The molecular weight excluding hydrogens is 248 g/mol. The Morgan fingerprint density at radius 3 is 2.11 bits per heavy atom. The Labute approximate surface area is 113 Å². The first-order chi connectivity index (χ1) is 8.93. The lowest BCUT2D eigenvalue weighted by Gasteiger charge is -2.10. The third-order valence-electron chi connectivity index (χ3n) is 2.45. The van der Waals surface area contributed by atoms with Crippen LogP contribution in [0.15, 0.2) is 18.2 Å². The average Bonchev–Trinajstić information content (AvgIpc) is 3.17. The van der Waals surface area contributed by atoms with Gasteiger partial charge in [-0.1, -0.05) is 25.8 Å². The minimum absolute atomic E-state index is 0.245. The Balaban J connectivity index is 0.000000449. The van der Waals surface area contributed by atoms with Crippen LogP contribution in [0.25, 0.3) is 0 Å². The Hall–Kier alpha value is -1.89. The lowest BCUT2D eigenvalue weighted by Crippen LogP contribution is -2.23. The normalized spacial score (nSPS) is 12.4. The number of rotatable bonds is 1. The summed E-state index contributed by atoms with van der Waals surface area (Å²) in [6, 6.07) is 3.53. The number of carbonyl (C=O) groups excluding carboxylic acids is 1. The van der Waals surface area contributed by atoms with E-state index in [1.54, 1.807) is 0 Å². The van der Waals surface area contributed by atoms with E-state index in [-0.39, 0.29) is 5.56 Å². The molecule has 0 spiro atoms. The van der Waals surface area contributed by atoms with Crippen molar-refractivity contribution in [2.75, 3.05) is 14.1 Å². The maximum atomic E-state index is 13.0. The minimum Gasteiger partial charge on any atom is -0.345 e. The number of halogens is 2. The molecule has 0 unspecified atom stereocenters. The molecule has 0 radical (unpaired) electrons. The van der Waals surface area contributed by atoms with Crippen molar-refractivity contribution in [1.29, 1.82) is 0 Å². The summed E-state index contributed by atoms with van der Waals surface area (Å²) in [5.74, 6) is -1.56. The summed E-state index contributed by atoms with van der Waals surface area (Å²) in [5, 5.41) is 0. The predicted octanol–water partition coefficient (Wildman–Crippen LogP) is 3.33. The summed E-state index contributed by atoms with van der Waals surface area (Å²) in [6.07, 6.45) is 11.0. The summed E-state index contributed by atoms with van der Waals surface area (Å²) in [6.45, 7) is 2.28. The number of terminal acetylenes is 1. The third-order valence-corrected chi connectivity index (χ3v) is 2.45. The van der Waals surface area contributed by atoms with Crippen LogP contribution in [0.3, 0.4) is 0 Å². The monoisotopic (exact) mass is 267 g/mol. The summed E-state index contributed by atoms with van der Waals surface area (Å²) in [5.41, 5.74) is -0.245. The van der Waals surface area contributed by atoms with Crippen LogP contribution in [-0.2, 0) is 0 Å². The van der Waals surface area contributed by atoms with Crippen molar-refractivity contribution in [2.24, 2.45) is 5.92 Å². The lowest BCUT2D eigenvalue weighted by molar-refractivity contribution is 0.0822. The fraction of sp³-hybridized carbons (Fsp3) is 0.400. The van der Waals surface area contributed by atoms with Crippen LogP contribution in [0.5, 0.6) is 0 Å². The van der Waals surface area contributed by atoms with Gasteiger partial charge in [0.1, 0.15) is 0 Å². The predicted molar refractivity (Wildman–Crippen MR) is 72.7 cm³/mol. The number of nitrogens with zero attached hydrogens (tertiary/aromatic N) is 1. The molecule has 2 nitrogen and oxygen atoms in total. The van der Waals surface area contributed by atoms with Gasteiger partial charge < -0.3 is 4.90 Å². The highest BCUT2D eigenvalue weighted by molar-refractivity contribution is 5.94. The van der Waals surface area contributed by atoms with Crippen molar-refractivity contribution in [3.63, 3.8) is 0 Å². The highest BCUT2D eigenvalue weighted by Crippen LogP contribution is 2.26. The van der Waals surface area contributed by atoms with Crippen molar-refractivity contribution in [1.82, 2.24) is 4.90 Å². The summed E-state index contributed by atoms with van der Waals surface area (Å²) >= 11 is 0. The van der Waals surface area contributed by atoms with Crippen LogP contribution in [0.2, 0.25) is 0 Å². The van der Waals surface area contributed by atoms with Crippen LogP contribution in [0, 0.1) is 30.4 Å². The number of benzene rings is 1. The van der Waals surface area contributed by atoms with E-state index in [9.17, 15) is 13.6 Å². The molecule has 0 N–H and O–H groups in total. The third kappa shape index (κ3) is 6.01. The highest BCUT2D eigenvalue weighted by atomic mass is 19.2. The molecule has 0 atom stereocenters. The van der Waals surface area contributed by atoms with Gasteiger partial charge in [-0.05, 0) is 18.1 Å². The Bertz CT molecular complexity index is 437. The second-order valence-electron chi connectivity index (χ2n) is 4.48. The van der Waals surface area contributed by atoms with Crippen LogP contribution in [-0.4, -0.2) is 24.9 Å². The SMILES string of the molecule is C#C.CC1CC1.CN(C)C(=O)c1cccc(F)c1F. The molecule has 1 aromatic rings. The van der Waals surface area contributed by atoms with Gasteiger partial charge in [0.2, 0.25) is 0 Å². The first-order valence-corrected chi connectivity index (χ1v) is 5.92. The van der Waals surface area contributed by atoms with Gasteiger partial charge in [0, 0.05) is 14.1 Å². The molecule has 0 aromatic heterocycles.